The first kappa shape index (κ1) is 19.3. The van der Waals surface area contributed by atoms with Crippen LogP contribution in [-0.2, 0) is 0 Å². The maximum absolute atomic E-state index is 6.17. The van der Waals surface area contributed by atoms with Gasteiger partial charge in [0, 0.05) is 56.2 Å². The van der Waals surface area contributed by atoms with E-state index in [-0.39, 0.29) is 0 Å². The number of guanidine groups is 1. The van der Waals surface area contributed by atoms with E-state index in [4.69, 9.17) is 17.3 Å². The zero-order valence-corrected chi connectivity index (χ0v) is 16.3. The summed E-state index contributed by atoms with van der Waals surface area (Å²) in [7, 11) is 0. The molecule has 1 aromatic heterocycles. The van der Waals surface area contributed by atoms with Crippen molar-refractivity contribution in [2.75, 3.05) is 49.5 Å². The lowest BCUT2D eigenvalue weighted by Crippen LogP contribution is -2.51. The van der Waals surface area contributed by atoms with Crippen molar-refractivity contribution in [3.8, 4) is 0 Å². The Morgan fingerprint density at radius 1 is 1.07 bits per heavy atom. The van der Waals surface area contributed by atoms with Crippen LogP contribution in [0.25, 0.3) is 0 Å². The lowest BCUT2D eigenvalue weighted by molar-refractivity contribution is 0.380. The molecule has 1 saturated heterocycles. The molecular weight excluding hydrogens is 360 g/mol. The van der Waals surface area contributed by atoms with Gasteiger partial charge in [0.2, 0.25) is 0 Å². The third-order valence-corrected chi connectivity index (χ3v) is 4.88. The first-order chi connectivity index (χ1) is 13.2. The number of rotatable bonds is 7. The number of piperazine rings is 1. The summed E-state index contributed by atoms with van der Waals surface area (Å²) < 4.78 is 0. The number of nitrogens with two attached hydrogens (primary N) is 1. The predicted molar refractivity (Wildman–Crippen MR) is 114 cm³/mol. The lowest BCUT2D eigenvalue weighted by atomic mass is 10.2. The Labute approximate surface area is 166 Å². The number of benzene rings is 1. The molecular formula is C20H27ClN6. The molecule has 3 N–H and O–H groups in total. The largest absolute Gasteiger partial charge is 0.370 e. The highest BCUT2D eigenvalue weighted by Crippen LogP contribution is 2.19. The summed E-state index contributed by atoms with van der Waals surface area (Å²) in [4.78, 5) is 13.3. The monoisotopic (exact) mass is 386 g/mol. The first-order valence-electron chi connectivity index (χ1n) is 9.43. The summed E-state index contributed by atoms with van der Waals surface area (Å²) in [5.74, 6) is 1.57. The summed E-state index contributed by atoms with van der Waals surface area (Å²) in [6, 6.07) is 13.9. The number of nitrogens with one attached hydrogen (secondary N) is 1. The maximum atomic E-state index is 6.17. The fourth-order valence-corrected chi connectivity index (χ4v) is 3.19. The number of hydrogen-bond donors (Lipinski definition) is 2. The van der Waals surface area contributed by atoms with Gasteiger partial charge < -0.3 is 20.9 Å². The number of aliphatic imine (C=N–C) groups is 1. The molecule has 0 spiro atoms. The molecule has 0 atom stereocenters. The van der Waals surface area contributed by atoms with E-state index in [2.05, 4.69) is 37.2 Å². The summed E-state index contributed by atoms with van der Waals surface area (Å²) in [6.07, 6.45) is 3.84. The molecule has 2 heterocycles. The van der Waals surface area contributed by atoms with E-state index in [0.29, 0.717) is 5.96 Å². The van der Waals surface area contributed by atoms with E-state index in [9.17, 15) is 0 Å². The Morgan fingerprint density at radius 3 is 2.56 bits per heavy atom. The standard InChI is InChI=1S/C20H27ClN6/c21-17-6-8-18(9-7-17)26-13-15-27(16-14-26)20(22)25-12-4-3-11-24-19-5-1-2-10-23-19/h1-2,5-10H,3-4,11-16H2,(H2,22,25)(H,23,24). The highest BCUT2D eigenvalue weighted by Gasteiger charge is 2.18. The molecule has 6 nitrogen and oxygen atoms in total. The average molecular weight is 387 g/mol. The van der Waals surface area contributed by atoms with Crippen LogP contribution in [0.5, 0.6) is 0 Å². The molecule has 0 radical (unpaired) electrons. The number of anilines is 2. The van der Waals surface area contributed by atoms with Gasteiger partial charge in [0.25, 0.3) is 0 Å². The number of halogens is 1. The molecule has 0 unspecified atom stereocenters. The van der Waals surface area contributed by atoms with E-state index in [1.54, 1.807) is 6.20 Å². The summed E-state index contributed by atoms with van der Waals surface area (Å²) in [5.41, 5.74) is 7.38. The Kier molecular flexibility index (Phi) is 7.16. The number of pyridine rings is 1. The fraction of sp³-hybridized carbons (Fsp3) is 0.400. The van der Waals surface area contributed by atoms with E-state index < -0.39 is 0 Å². The minimum absolute atomic E-state index is 0.656. The minimum atomic E-state index is 0.656. The first-order valence-corrected chi connectivity index (χ1v) is 9.80. The molecule has 7 heteroatoms. The molecule has 144 valence electrons. The van der Waals surface area contributed by atoms with Crippen molar-refractivity contribution in [2.45, 2.75) is 12.8 Å². The third kappa shape index (κ3) is 6.03. The lowest BCUT2D eigenvalue weighted by Gasteiger charge is -2.36. The van der Waals surface area contributed by atoms with Crippen molar-refractivity contribution >= 4 is 29.1 Å². The van der Waals surface area contributed by atoms with Crippen molar-refractivity contribution in [1.82, 2.24) is 9.88 Å². The second-order valence-corrected chi connectivity index (χ2v) is 6.98. The minimum Gasteiger partial charge on any atom is -0.370 e. The quantitative estimate of drug-likeness (QED) is 0.435. The fourth-order valence-electron chi connectivity index (χ4n) is 3.06. The highest BCUT2D eigenvalue weighted by molar-refractivity contribution is 6.30. The van der Waals surface area contributed by atoms with Crippen molar-refractivity contribution in [1.29, 1.82) is 0 Å². The van der Waals surface area contributed by atoms with Gasteiger partial charge in [-0.1, -0.05) is 17.7 Å². The van der Waals surface area contributed by atoms with Crippen LogP contribution in [-0.4, -0.2) is 55.1 Å². The third-order valence-electron chi connectivity index (χ3n) is 4.63. The molecule has 1 fully saturated rings. The predicted octanol–water partition coefficient (Wildman–Crippen LogP) is 3.06. The topological polar surface area (TPSA) is 69.8 Å². The Hall–Kier alpha value is -2.47. The SMILES string of the molecule is NC(=NCCCCNc1ccccn1)N1CCN(c2ccc(Cl)cc2)CC1. The summed E-state index contributed by atoms with van der Waals surface area (Å²) in [6.45, 7) is 5.30. The molecule has 3 rings (SSSR count). The van der Waals surface area contributed by atoms with Gasteiger partial charge >= 0.3 is 0 Å². The molecule has 0 aliphatic carbocycles. The van der Waals surface area contributed by atoms with Crippen molar-refractivity contribution in [3.63, 3.8) is 0 Å². The molecule has 2 aromatic rings. The molecule has 1 aliphatic heterocycles. The van der Waals surface area contributed by atoms with Crippen LogP contribution in [0.3, 0.4) is 0 Å². The molecule has 0 bridgehead atoms. The molecule has 27 heavy (non-hydrogen) atoms. The van der Waals surface area contributed by atoms with Crippen LogP contribution in [0.1, 0.15) is 12.8 Å². The van der Waals surface area contributed by atoms with Gasteiger partial charge in [-0.05, 0) is 49.2 Å². The number of aromatic nitrogens is 1. The second-order valence-electron chi connectivity index (χ2n) is 6.54. The van der Waals surface area contributed by atoms with E-state index >= 15 is 0 Å². The van der Waals surface area contributed by atoms with Crippen molar-refractivity contribution in [2.24, 2.45) is 10.7 Å². The van der Waals surface area contributed by atoms with Gasteiger partial charge in [0.15, 0.2) is 5.96 Å². The van der Waals surface area contributed by atoms with Crippen molar-refractivity contribution in [3.05, 3.63) is 53.7 Å². The summed E-state index contributed by atoms with van der Waals surface area (Å²) >= 11 is 5.96. The van der Waals surface area contributed by atoms with Crippen LogP contribution in [0, 0.1) is 0 Å². The highest BCUT2D eigenvalue weighted by atomic mass is 35.5. The van der Waals surface area contributed by atoms with Gasteiger partial charge in [-0.15, -0.1) is 0 Å². The van der Waals surface area contributed by atoms with Gasteiger partial charge in [-0.25, -0.2) is 4.98 Å². The number of hydrogen-bond acceptors (Lipinski definition) is 4. The van der Waals surface area contributed by atoms with Gasteiger partial charge in [0.05, 0.1) is 0 Å². The molecule has 0 saturated carbocycles. The Morgan fingerprint density at radius 2 is 1.85 bits per heavy atom. The van der Waals surface area contributed by atoms with E-state index in [0.717, 1.165) is 63.0 Å². The average Bonchev–Trinajstić information content (AvgIpc) is 2.72. The van der Waals surface area contributed by atoms with Crippen LogP contribution >= 0.6 is 11.6 Å². The molecule has 0 amide bonds. The Balaban J connectivity index is 1.33. The summed E-state index contributed by atoms with van der Waals surface area (Å²) in [5, 5.41) is 4.07. The van der Waals surface area contributed by atoms with Crippen LogP contribution in [0.2, 0.25) is 5.02 Å². The van der Waals surface area contributed by atoms with Crippen LogP contribution < -0.4 is 16.0 Å². The normalized spacial score (nSPS) is 15.1. The van der Waals surface area contributed by atoms with Crippen LogP contribution in [0.4, 0.5) is 11.5 Å². The van der Waals surface area contributed by atoms with Gasteiger partial charge in [-0.2, -0.15) is 0 Å². The van der Waals surface area contributed by atoms with Crippen LogP contribution in [0.15, 0.2) is 53.7 Å². The zero-order valence-electron chi connectivity index (χ0n) is 15.5. The maximum Gasteiger partial charge on any atom is 0.191 e. The van der Waals surface area contributed by atoms with Crippen molar-refractivity contribution < 1.29 is 0 Å². The molecule has 1 aliphatic rings. The Bertz CT molecular complexity index is 711. The number of nitrogens with zero attached hydrogens (tertiary/aromatic N) is 4. The zero-order chi connectivity index (χ0) is 18.9. The number of unbranched alkanes of at least 4 members (excludes halogenated alkanes) is 1. The second kappa shape index (κ2) is 10.0. The van der Waals surface area contributed by atoms with Gasteiger partial charge in [-0.3, -0.25) is 4.99 Å². The smallest absolute Gasteiger partial charge is 0.191 e. The van der Waals surface area contributed by atoms with E-state index in [1.807, 2.05) is 30.3 Å². The van der Waals surface area contributed by atoms with Gasteiger partial charge in [0.1, 0.15) is 5.82 Å². The molecule has 1 aromatic carbocycles. The van der Waals surface area contributed by atoms with E-state index in [1.165, 1.54) is 5.69 Å².